The van der Waals surface area contributed by atoms with E-state index in [1.165, 1.54) is 33.9 Å². The van der Waals surface area contributed by atoms with Gasteiger partial charge in [0.15, 0.2) is 47.6 Å². The first kappa shape index (κ1) is 65.0. The number of phosphoric acid groups is 2. The van der Waals surface area contributed by atoms with Crippen molar-refractivity contribution in [2.24, 2.45) is 0 Å². The second-order valence-electron chi connectivity index (χ2n) is 21.1. The maximum atomic E-state index is 15.1. The number of nitrogens with two attached hydrogens (primary N) is 2. The van der Waals surface area contributed by atoms with E-state index in [2.05, 4.69) is 53.7 Å². The van der Waals surface area contributed by atoms with Gasteiger partial charge in [-0.15, -0.1) is 13.2 Å². The van der Waals surface area contributed by atoms with Crippen molar-refractivity contribution in [1.82, 2.24) is 49.7 Å². The number of allylic oxidation sites excluding steroid dienone is 2. The number of aliphatic hydroxyl groups excluding tert-OH is 2. The molecule has 0 saturated carbocycles. The molecule has 0 radical (unpaired) electrons. The van der Waals surface area contributed by atoms with E-state index in [0.29, 0.717) is 11.1 Å². The van der Waals surface area contributed by atoms with Crippen LogP contribution in [0.1, 0.15) is 49.3 Å². The molecule has 476 valence electrons. The summed E-state index contributed by atoms with van der Waals surface area (Å²) in [6.45, 7) is 5.20. The topological polar surface area (TPSA) is 411 Å². The summed E-state index contributed by atoms with van der Waals surface area (Å²) in [5, 5.41) is 27.4. The normalized spacial score (nSPS) is 21.7. The number of carbonyl (C=O) groups is 4. The Kier molecular flexibility index (Phi) is 20.6. The molecule has 2 saturated heterocycles. The third kappa shape index (κ3) is 15.8. The monoisotopic (exact) mass is 1290 g/mol. The van der Waals surface area contributed by atoms with Crippen LogP contribution in [0.15, 0.2) is 160 Å². The molecule has 2 aliphatic heterocycles. The lowest BCUT2D eigenvalue weighted by atomic mass is 10.00. The number of nitrogen functional groups attached to an aromatic ring is 2. The van der Waals surface area contributed by atoms with E-state index in [0.717, 1.165) is 34.9 Å². The highest BCUT2D eigenvalue weighted by molar-refractivity contribution is 7.61. The summed E-state index contributed by atoms with van der Waals surface area (Å²) in [5.41, 5.74) is 17.1. The van der Waals surface area contributed by atoms with Crippen LogP contribution in [-0.2, 0) is 73.5 Å². The molecule has 12 atom stereocenters. The number of imidazole rings is 2. The SMILES string of the molecule is C=CCCC(=O)N[C@@H](Cc1ccc(-c2ccccc2)cc1)C(=O)O[C@@H]1[C@H](OC(=O)[C@H](Cc2ccc(-c3ccccc3)cc2)NC(=O)CCC=C)[C@@H](COP(=O)(O)OP(=O)(O)OC[C@H]2O[C@@H](n3cnc4c(N)ncnc43)[C@H](O)[C@@H]2O)O[C@H]1n1cnc2c(N)ncnc21. The Morgan fingerprint density at radius 2 is 0.989 bits per heavy atom. The summed E-state index contributed by atoms with van der Waals surface area (Å²) in [6.07, 6.45) is -5.99. The van der Waals surface area contributed by atoms with E-state index < -0.39 is 114 Å². The zero-order valence-corrected chi connectivity index (χ0v) is 50.2. The highest BCUT2D eigenvalue weighted by Crippen LogP contribution is 2.61. The van der Waals surface area contributed by atoms with Crippen LogP contribution in [0.4, 0.5) is 11.6 Å². The third-order valence-corrected chi connectivity index (χ3v) is 17.5. The van der Waals surface area contributed by atoms with E-state index in [-0.39, 0.29) is 72.5 Å². The minimum Gasteiger partial charge on any atom is -0.454 e. The van der Waals surface area contributed by atoms with Crippen LogP contribution < -0.4 is 22.1 Å². The number of carbonyl (C=O) groups excluding carboxylic acids is 4. The summed E-state index contributed by atoms with van der Waals surface area (Å²) in [5.74, 6) is -3.44. The number of rotatable bonds is 28. The molecule has 6 heterocycles. The van der Waals surface area contributed by atoms with E-state index in [1.54, 1.807) is 24.3 Å². The van der Waals surface area contributed by atoms with Crippen molar-refractivity contribution < 1.29 is 80.6 Å². The molecule has 2 amide bonds. The first-order valence-electron chi connectivity index (χ1n) is 28.5. The number of hydrogen-bond acceptors (Lipinski definition) is 23. The zero-order valence-electron chi connectivity index (χ0n) is 48.4. The van der Waals surface area contributed by atoms with Crippen molar-refractivity contribution in [3.8, 4) is 22.3 Å². The lowest BCUT2D eigenvalue weighted by Crippen LogP contribution is -2.50. The second-order valence-corrected chi connectivity index (χ2v) is 24.2. The fraction of sp³-hybridized carbons (Fsp3) is 0.300. The van der Waals surface area contributed by atoms with Gasteiger partial charge in [-0.1, -0.05) is 121 Å². The van der Waals surface area contributed by atoms with Crippen molar-refractivity contribution in [3.05, 3.63) is 171 Å². The lowest BCUT2D eigenvalue weighted by Gasteiger charge is -2.28. The Bertz CT molecular complexity index is 4000. The van der Waals surface area contributed by atoms with Gasteiger partial charge in [0, 0.05) is 25.7 Å². The predicted octanol–water partition coefficient (Wildman–Crippen LogP) is 5.14. The minimum absolute atomic E-state index is 0.00612. The Morgan fingerprint density at radius 3 is 1.45 bits per heavy atom. The number of phosphoric ester groups is 2. The molecular weight excluding hydrogens is 1220 g/mol. The number of fused-ring (bicyclic) bond motifs is 2. The molecular formula is C60H64N12O17P2. The van der Waals surface area contributed by atoms with E-state index in [1.807, 2.05) is 84.9 Å². The molecule has 10 rings (SSSR count). The van der Waals surface area contributed by atoms with Gasteiger partial charge in [0.05, 0.1) is 25.9 Å². The van der Waals surface area contributed by atoms with Gasteiger partial charge in [-0.05, 0) is 46.2 Å². The second kappa shape index (κ2) is 28.9. The number of esters is 2. The molecule has 2 unspecified atom stereocenters. The van der Waals surface area contributed by atoms with E-state index in [4.69, 9.17) is 43.8 Å². The van der Waals surface area contributed by atoms with Gasteiger partial charge >= 0.3 is 27.6 Å². The van der Waals surface area contributed by atoms with Crippen molar-refractivity contribution in [2.45, 2.75) is 99.7 Å². The molecule has 29 nitrogen and oxygen atoms in total. The number of aliphatic hydroxyl groups is 2. The highest BCUT2D eigenvalue weighted by atomic mass is 31.3. The fourth-order valence-corrected chi connectivity index (χ4v) is 12.4. The van der Waals surface area contributed by atoms with Crippen LogP contribution >= 0.6 is 15.6 Å². The highest BCUT2D eigenvalue weighted by Gasteiger charge is 2.54. The Labute approximate surface area is 519 Å². The maximum absolute atomic E-state index is 15.1. The van der Waals surface area contributed by atoms with Gasteiger partial charge in [-0.3, -0.25) is 27.8 Å². The molecule has 4 aromatic carbocycles. The van der Waals surface area contributed by atoms with E-state index >= 15 is 9.59 Å². The lowest BCUT2D eigenvalue weighted by molar-refractivity contribution is -0.171. The molecule has 4 aromatic heterocycles. The number of aromatic nitrogens is 8. The Morgan fingerprint density at radius 1 is 0.571 bits per heavy atom. The largest absolute Gasteiger partial charge is 0.481 e. The predicted molar refractivity (Wildman–Crippen MR) is 326 cm³/mol. The quantitative estimate of drug-likeness (QED) is 0.0179. The minimum atomic E-state index is -5.83. The molecule has 0 spiro atoms. The smallest absolute Gasteiger partial charge is 0.454 e. The Balaban J connectivity index is 0.958. The average Bonchev–Trinajstić information content (AvgIpc) is 1.82. The number of hydrogen-bond donors (Lipinski definition) is 8. The number of anilines is 2. The number of nitrogens with one attached hydrogen (secondary N) is 2. The van der Waals surface area contributed by atoms with Crippen molar-refractivity contribution in [2.75, 3.05) is 24.7 Å². The van der Waals surface area contributed by atoms with Crippen LogP contribution in [-0.4, -0.2) is 145 Å². The number of amides is 2. The van der Waals surface area contributed by atoms with Gasteiger partial charge in [0.1, 0.15) is 60.2 Å². The Hall–Kier alpha value is -8.96. The van der Waals surface area contributed by atoms with Crippen molar-refractivity contribution in [1.29, 1.82) is 0 Å². The average molecular weight is 1290 g/mol. The van der Waals surface area contributed by atoms with Gasteiger partial charge in [-0.25, -0.2) is 48.6 Å². The van der Waals surface area contributed by atoms with Crippen LogP contribution in [0, 0.1) is 0 Å². The van der Waals surface area contributed by atoms with Gasteiger partial charge < -0.3 is 61.0 Å². The van der Waals surface area contributed by atoms with Crippen molar-refractivity contribution >= 4 is 73.4 Å². The van der Waals surface area contributed by atoms with Crippen LogP contribution in [0.3, 0.4) is 0 Å². The molecule has 2 aliphatic rings. The summed E-state index contributed by atoms with van der Waals surface area (Å²) in [4.78, 5) is 104. The standard InChI is InChI=1S/C60H64N12O17P2/c1-3-5-17-45(73)69-41(27-35-19-23-39(24-20-35)37-13-9-7-10-14-37)59(77)87-51-44(30-84-91(81,82)89-90(79,80)83-29-43-49(75)50(76)57(85-43)71-33-67-47-53(61)63-31-65-55(47)71)86-58(72-34-68-48-54(62)64-32-66-56(48)72)52(51)88-60(78)42(70-46(74)18-6-4-2)28-36-21-25-40(26-22-36)38-15-11-8-12-16-38/h3-4,7-16,19-26,31-34,41-44,49-52,57-58,75-76H,1-2,5-6,17-18,27-30H2,(H,69,73)(H,70,74)(H,79,80)(H,81,82)(H2,61,63,65)(H2,62,64,66)/t41-,42-,43+,44+,49+,50+,51+,52+,57+,58+/m0/s1. The first-order chi connectivity index (χ1) is 43.8. The van der Waals surface area contributed by atoms with Crippen molar-refractivity contribution in [3.63, 3.8) is 0 Å². The summed E-state index contributed by atoms with van der Waals surface area (Å²) >= 11 is 0. The molecule has 2 fully saturated rings. The van der Waals surface area contributed by atoms with Crippen LogP contribution in [0.2, 0.25) is 0 Å². The van der Waals surface area contributed by atoms with Crippen LogP contribution in [0.5, 0.6) is 0 Å². The number of ether oxygens (including phenoxy) is 4. The van der Waals surface area contributed by atoms with Crippen LogP contribution in [0.25, 0.3) is 44.6 Å². The zero-order chi connectivity index (χ0) is 64.4. The summed E-state index contributed by atoms with van der Waals surface area (Å²) in [6, 6.07) is 30.5. The summed E-state index contributed by atoms with van der Waals surface area (Å²) in [7, 11) is -11.5. The molecule has 31 heteroatoms. The first-order valence-corrected chi connectivity index (χ1v) is 31.5. The molecule has 91 heavy (non-hydrogen) atoms. The van der Waals surface area contributed by atoms with Gasteiger partial charge in [0.2, 0.25) is 11.8 Å². The molecule has 0 bridgehead atoms. The summed E-state index contributed by atoms with van der Waals surface area (Å²) < 4.78 is 69.9. The number of benzene rings is 4. The van der Waals surface area contributed by atoms with E-state index in [9.17, 15) is 38.7 Å². The molecule has 8 aromatic rings. The van der Waals surface area contributed by atoms with Gasteiger partial charge in [0.25, 0.3) is 0 Å². The molecule has 10 N–H and O–H groups in total. The third-order valence-electron chi connectivity index (χ3n) is 14.9. The number of nitrogens with zero attached hydrogens (tertiary/aromatic N) is 8. The van der Waals surface area contributed by atoms with Gasteiger partial charge in [-0.2, -0.15) is 4.31 Å². The molecule has 0 aliphatic carbocycles. The fourth-order valence-electron chi connectivity index (χ4n) is 10.3. The maximum Gasteiger partial charge on any atom is 0.481 e.